The van der Waals surface area contributed by atoms with Gasteiger partial charge in [-0.1, -0.05) is 23.7 Å². The van der Waals surface area contributed by atoms with Crippen LogP contribution in [0.15, 0.2) is 24.3 Å². The molecule has 1 aromatic heterocycles. The van der Waals surface area contributed by atoms with Gasteiger partial charge in [-0.15, -0.1) is 16.9 Å². The third-order valence-corrected chi connectivity index (χ3v) is 3.32. The first kappa shape index (κ1) is 11.4. The van der Waals surface area contributed by atoms with Gasteiger partial charge in [-0.05, 0) is 35.0 Å². The summed E-state index contributed by atoms with van der Waals surface area (Å²) in [6, 6.07) is 7.86. The van der Waals surface area contributed by atoms with Gasteiger partial charge < -0.3 is 0 Å². The number of benzene rings is 1. The Hall–Kier alpha value is -1.07. The van der Waals surface area contributed by atoms with Crippen LogP contribution in [-0.2, 0) is 11.6 Å². The zero-order chi connectivity index (χ0) is 11.4. The van der Waals surface area contributed by atoms with Gasteiger partial charge in [0.05, 0.1) is 5.88 Å². The Bertz CT molecular complexity index is 454. The number of aromatic nitrogens is 4. The van der Waals surface area contributed by atoms with Crippen LogP contribution in [0.4, 0.5) is 0 Å². The van der Waals surface area contributed by atoms with Crippen molar-refractivity contribution >= 4 is 23.4 Å². The Morgan fingerprint density at radius 1 is 1.31 bits per heavy atom. The second-order valence-electron chi connectivity index (χ2n) is 3.33. The highest BCUT2D eigenvalue weighted by Crippen LogP contribution is 2.16. The molecule has 0 spiro atoms. The summed E-state index contributed by atoms with van der Waals surface area (Å²) in [5, 5.41) is 12.1. The largest absolute Gasteiger partial charge is 0.220 e. The highest BCUT2D eigenvalue weighted by Gasteiger charge is 2.00. The standard InChI is InChI=1S/C10H11ClN4S/c1-8-12-13-14-15(8)7-16-6-9-2-4-10(11)5-3-9/h2-5H,6-7H2,1H3. The van der Waals surface area contributed by atoms with Crippen LogP contribution in [0.1, 0.15) is 11.4 Å². The van der Waals surface area contributed by atoms with Crippen LogP contribution in [0.5, 0.6) is 0 Å². The summed E-state index contributed by atoms with van der Waals surface area (Å²) in [5.41, 5.74) is 1.25. The highest BCUT2D eigenvalue weighted by molar-refractivity contribution is 7.97. The first-order valence-corrected chi connectivity index (χ1v) is 6.34. The van der Waals surface area contributed by atoms with E-state index in [1.54, 1.807) is 16.4 Å². The summed E-state index contributed by atoms with van der Waals surface area (Å²) in [6.07, 6.45) is 0. The Balaban J connectivity index is 1.84. The molecule has 84 valence electrons. The molecule has 0 atom stereocenters. The number of aryl methyl sites for hydroxylation is 1. The first-order valence-electron chi connectivity index (χ1n) is 4.80. The van der Waals surface area contributed by atoms with Gasteiger partial charge in [0.15, 0.2) is 0 Å². The predicted octanol–water partition coefficient (Wildman–Crippen LogP) is 2.53. The summed E-state index contributed by atoms with van der Waals surface area (Å²) in [5.74, 6) is 2.53. The van der Waals surface area contributed by atoms with Crippen molar-refractivity contribution in [3.8, 4) is 0 Å². The van der Waals surface area contributed by atoms with Crippen LogP contribution in [0.25, 0.3) is 0 Å². The van der Waals surface area contributed by atoms with E-state index in [9.17, 15) is 0 Å². The molecule has 0 fully saturated rings. The molecule has 0 saturated carbocycles. The molecule has 0 aliphatic heterocycles. The molecule has 2 aromatic rings. The number of thioether (sulfide) groups is 1. The highest BCUT2D eigenvalue weighted by atomic mass is 35.5. The number of hydrogen-bond acceptors (Lipinski definition) is 4. The van der Waals surface area contributed by atoms with E-state index in [1.165, 1.54) is 5.56 Å². The minimum Gasteiger partial charge on any atom is -0.220 e. The van der Waals surface area contributed by atoms with Crippen LogP contribution in [0.2, 0.25) is 5.02 Å². The van der Waals surface area contributed by atoms with Crippen molar-refractivity contribution in [2.24, 2.45) is 0 Å². The summed E-state index contributed by atoms with van der Waals surface area (Å²) in [7, 11) is 0. The number of rotatable bonds is 4. The molecule has 0 saturated heterocycles. The van der Waals surface area contributed by atoms with E-state index in [4.69, 9.17) is 11.6 Å². The van der Waals surface area contributed by atoms with Crippen molar-refractivity contribution in [3.63, 3.8) is 0 Å². The second-order valence-corrected chi connectivity index (χ2v) is 4.72. The van der Waals surface area contributed by atoms with Crippen LogP contribution in [0.3, 0.4) is 0 Å². The van der Waals surface area contributed by atoms with Crippen molar-refractivity contribution < 1.29 is 0 Å². The van der Waals surface area contributed by atoms with Gasteiger partial charge in [0.1, 0.15) is 5.82 Å². The molecule has 0 amide bonds. The van der Waals surface area contributed by atoms with Crippen molar-refractivity contribution in [3.05, 3.63) is 40.7 Å². The maximum Gasteiger partial charge on any atom is 0.149 e. The van der Waals surface area contributed by atoms with E-state index in [2.05, 4.69) is 15.5 Å². The normalized spacial score (nSPS) is 10.6. The molecule has 4 nitrogen and oxygen atoms in total. The Morgan fingerprint density at radius 2 is 2.06 bits per heavy atom. The Kier molecular flexibility index (Phi) is 3.79. The van der Waals surface area contributed by atoms with Crippen LogP contribution < -0.4 is 0 Å². The van der Waals surface area contributed by atoms with Gasteiger partial charge in [0, 0.05) is 10.8 Å². The molecule has 0 aliphatic carbocycles. The lowest BCUT2D eigenvalue weighted by Crippen LogP contribution is -2.00. The minimum atomic E-state index is 0.765. The molecular formula is C10H11ClN4S. The fraction of sp³-hybridized carbons (Fsp3) is 0.300. The molecule has 0 radical (unpaired) electrons. The average molecular weight is 255 g/mol. The lowest BCUT2D eigenvalue weighted by atomic mass is 10.2. The van der Waals surface area contributed by atoms with Gasteiger partial charge in [0.25, 0.3) is 0 Å². The van der Waals surface area contributed by atoms with Gasteiger partial charge in [-0.3, -0.25) is 0 Å². The zero-order valence-electron chi connectivity index (χ0n) is 8.80. The average Bonchev–Trinajstić information content (AvgIpc) is 2.68. The zero-order valence-corrected chi connectivity index (χ0v) is 10.4. The van der Waals surface area contributed by atoms with Crippen molar-refractivity contribution in [1.82, 2.24) is 20.2 Å². The molecule has 0 aliphatic rings. The maximum atomic E-state index is 5.81. The van der Waals surface area contributed by atoms with E-state index in [-0.39, 0.29) is 0 Å². The van der Waals surface area contributed by atoms with E-state index >= 15 is 0 Å². The molecule has 0 unspecified atom stereocenters. The van der Waals surface area contributed by atoms with Crippen molar-refractivity contribution in [2.45, 2.75) is 18.6 Å². The molecule has 0 bridgehead atoms. The first-order chi connectivity index (χ1) is 7.75. The minimum absolute atomic E-state index is 0.765. The van der Waals surface area contributed by atoms with Gasteiger partial charge in [-0.2, -0.15) is 0 Å². The molecule has 0 N–H and O–H groups in total. The van der Waals surface area contributed by atoms with E-state index in [0.717, 1.165) is 22.5 Å². The topological polar surface area (TPSA) is 43.6 Å². The van der Waals surface area contributed by atoms with Crippen LogP contribution in [0, 0.1) is 6.92 Å². The monoisotopic (exact) mass is 254 g/mol. The van der Waals surface area contributed by atoms with E-state index < -0.39 is 0 Å². The van der Waals surface area contributed by atoms with Crippen molar-refractivity contribution in [2.75, 3.05) is 0 Å². The third-order valence-electron chi connectivity index (χ3n) is 2.11. The predicted molar refractivity (Wildman–Crippen MR) is 65.3 cm³/mol. The number of nitrogens with zero attached hydrogens (tertiary/aromatic N) is 4. The smallest absolute Gasteiger partial charge is 0.149 e. The summed E-state index contributed by atoms with van der Waals surface area (Å²) >= 11 is 7.57. The second kappa shape index (κ2) is 5.32. The quantitative estimate of drug-likeness (QED) is 0.841. The third kappa shape index (κ3) is 2.96. The molecule has 2 rings (SSSR count). The SMILES string of the molecule is Cc1nnnn1CSCc1ccc(Cl)cc1. The van der Waals surface area contributed by atoms with Gasteiger partial charge in [0.2, 0.25) is 0 Å². The maximum absolute atomic E-state index is 5.81. The lowest BCUT2D eigenvalue weighted by Gasteiger charge is -2.02. The van der Waals surface area contributed by atoms with Crippen LogP contribution >= 0.6 is 23.4 Å². The number of halogens is 1. The Morgan fingerprint density at radius 3 is 2.69 bits per heavy atom. The molecule has 1 aromatic carbocycles. The van der Waals surface area contributed by atoms with Crippen molar-refractivity contribution in [1.29, 1.82) is 0 Å². The van der Waals surface area contributed by atoms with E-state index in [0.29, 0.717) is 0 Å². The van der Waals surface area contributed by atoms with Gasteiger partial charge >= 0.3 is 0 Å². The number of tetrazole rings is 1. The number of hydrogen-bond donors (Lipinski definition) is 0. The molecule has 16 heavy (non-hydrogen) atoms. The molecule has 1 heterocycles. The van der Waals surface area contributed by atoms with E-state index in [1.807, 2.05) is 31.2 Å². The molecular weight excluding hydrogens is 244 g/mol. The fourth-order valence-corrected chi connectivity index (χ4v) is 2.26. The van der Waals surface area contributed by atoms with Gasteiger partial charge in [-0.25, -0.2) is 4.68 Å². The Labute approximate surface area is 103 Å². The lowest BCUT2D eigenvalue weighted by molar-refractivity contribution is 0.682. The van der Waals surface area contributed by atoms with Crippen LogP contribution in [-0.4, -0.2) is 20.2 Å². The summed E-state index contributed by atoms with van der Waals surface area (Å²) < 4.78 is 1.78. The molecule has 6 heteroatoms. The fourth-order valence-electron chi connectivity index (χ4n) is 1.20. The summed E-state index contributed by atoms with van der Waals surface area (Å²) in [4.78, 5) is 0. The summed E-state index contributed by atoms with van der Waals surface area (Å²) in [6.45, 7) is 1.89.